The van der Waals surface area contributed by atoms with Gasteiger partial charge in [0.25, 0.3) is 0 Å². The monoisotopic (exact) mass is 209 g/mol. The number of fused-ring (bicyclic) bond motifs is 1. The second kappa shape index (κ2) is 4.44. The van der Waals surface area contributed by atoms with Crippen molar-refractivity contribution in [2.45, 2.75) is 13.7 Å². The van der Waals surface area contributed by atoms with Crippen LogP contribution in [0.1, 0.15) is 11.3 Å². The number of allylic oxidation sites excluding steroid dienone is 2. The van der Waals surface area contributed by atoms with Crippen LogP contribution in [0, 0.1) is 6.92 Å². The molecule has 1 nitrogen and oxygen atoms in total. The Morgan fingerprint density at radius 3 is 2.75 bits per heavy atom. The predicted molar refractivity (Wildman–Crippen MR) is 74.3 cm³/mol. The van der Waals surface area contributed by atoms with Gasteiger partial charge < -0.3 is 4.48 Å². The molecule has 0 amide bonds. The summed E-state index contributed by atoms with van der Waals surface area (Å²) in [6.45, 7) is 8.07. The molecule has 1 aromatic heterocycles. The van der Waals surface area contributed by atoms with Gasteiger partial charge in [0.2, 0.25) is 7.41 Å². The Labute approximate surface area is 97.4 Å². The number of para-hydroxylation sites is 1. The average molecular weight is 209 g/mol. The number of hydrogen-bond donors (Lipinski definition) is 0. The fraction of sp³-hybridized carbons (Fsp3) is 0.143. The van der Waals surface area contributed by atoms with Crippen molar-refractivity contribution < 1.29 is 0 Å². The Bertz CT molecular complexity index is 549. The zero-order valence-electron chi connectivity index (χ0n) is 9.90. The third kappa shape index (κ3) is 1.60. The summed E-state index contributed by atoms with van der Waals surface area (Å²) < 4.78 is 2.35. The molecule has 0 radical (unpaired) electrons. The van der Waals surface area contributed by atoms with Crippen LogP contribution in [-0.4, -0.2) is 11.9 Å². The van der Waals surface area contributed by atoms with Crippen molar-refractivity contribution in [2.75, 3.05) is 0 Å². The second-order valence-electron chi connectivity index (χ2n) is 3.86. The maximum atomic E-state index is 3.72. The molecule has 2 heteroatoms. The summed E-state index contributed by atoms with van der Waals surface area (Å²) in [6.07, 6.45) is 5.95. The van der Waals surface area contributed by atoms with Gasteiger partial charge in [-0.3, -0.25) is 0 Å². The summed E-state index contributed by atoms with van der Waals surface area (Å²) >= 11 is 0. The smallest absolute Gasteiger partial charge is 0.238 e. The molecule has 80 valence electrons. The lowest BCUT2D eigenvalue weighted by molar-refractivity contribution is 1.17. The molecule has 0 aliphatic carbocycles. The van der Waals surface area contributed by atoms with E-state index in [1.54, 1.807) is 0 Å². The van der Waals surface area contributed by atoms with Gasteiger partial charge >= 0.3 is 0 Å². The quantitative estimate of drug-likeness (QED) is 0.539. The first-order chi connectivity index (χ1) is 7.79. The number of benzene rings is 1. The van der Waals surface area contributed by atoms with Crippen molar-refractivity contribution in [1.29, 1.82) is 0 Å². The molecular formula is C14H16BN. The lowest BCUT2D eigenvalue weighted by Crippen LogP contribution is -2.02. The van der Waals surface area contributed by atoms with E-state index in [0.29, 0.717) is 0 Å². The number of rotatable bonds is 3. The molecule has 0 aliphatic rings. The normalized spacial score (nSPS) is 11.1. The summed E-state index contributed by atoms with van der Waals surface area (Å²) in [7, 11) is 1.01. The van der Waals surface area contributed by atoms with Crippen molar-refractivity contribution >= 4 is 24.4 Å². The first-order valence-electron chi connectivity index (χ1n) is 5.66. The van der Waals surface area contributed by atoms with Crippen molar-refractivity contribution in [2.24, 2.45) is 0 Å². The van der Waals surface area contributed by atoms with E-state index < -0.39 is 0 Å². The molecule has 0 atom stereocenters. The van der Waals surface area contributed by atoms with Gasteiger partial charge in [0.1, 0.15) is 0 Å². The first-order valence-corrected chi connectivity index (χ1v) is 5.66. The van der Waals surface area contributed by atoms with Crippen LogP contribution >= 0.6 is 0 Å². The third-order valence-corrected chi connectivity index (χ3v) is 2.99. The molecule has 0 saturated carbocycles. The fourth-order valence-electron chi connectivity index (χ4n) is 2.24. The molecule has 1 aromatic carbocycles. The summed E-state index contributed by atoms with van der Waals surface area (Å²) in [5, 5.41) is 1.32. The highest BCUT2D eigenvalue weighted by atomic mass is 14.9. The SMILES string of the molecule is C=C/C=C\c1c(C)n(BC)c2ccccc12. The highest BCUT2D eigenvalue weighted by molar-refractivity contribution is 6.34. The lowest BCUT2D eigenvalue weighted by atomic mass is 9.98. The van der Waals surface area contributed by atoms with Crippen LogP contribution in [0.15, 0.2) is 43.0 Å². The molecule has 0 saturated heterocycles. The molecule has 2 aromatic rings. The van der Waals surface area contributed by atoms with Gasteiger partial charge in [-0.1, -0.05) is 49.8 Å². The number of hydrogen-bond acceptors (Lipinski definition) is 0. The highest BCUT2D eigenvalue weighted by Crippen LogP contribution is 2.26. The van der Waals surface area contributed by atoms with Crippen molar-refractivity contribution in [1.82, 2.24) is 4.48 Å². The third-order valence-electron chi connectivity index (χ3n) is 2.99. The maximum Gasteiger partial charge on any atom is 0.238 e. The first kappa shape index (κ1) is 10.8. The molecule has 16 heavy (non-hydrogen) atoms. The van der Waals surface area contributed by atoms with Crippen molar-refractivity contribution in [3.63, 3.8) is 0 Å². The van der Waals surface area contributed by atoms with Crippen LogP contribution in [0.25, 0.3) is 17.0 Å². The summed E-state index contributed by atoms with van der Waals surface area (Å²) in [5.41, 5.74) is 3.94. The Morgan fingerprint density at radius 2 is 2.06 bits per heavy atom. The molecule has 0 aliphatic heterocycles. The van der Waals surface area contributed by atoms with Crippen LogP contribution in [0.3, 0.4) is 0 Å². The van der Waals surface area contributed by atoms with Gasteiger partial charge in [0.05, 0.1) is 0 Å². The van der Waals surface area contributed by atoms with Crippen LogP contribution in [0.2, 0.25) is 6.82 Å². The minimum Gasteiger partial charge on any atom is -0.393 e. The summed E-state index contributed by atoms with van der Waals surface area (Å²) in [5.74, 6) is 0. The van der Waals surface area contributed by atoms with Crippen LogP contribution < -0.4 is 0 Å². The fourth-order valence-corrected chi connectivity index (χ4v) is 2.24. The van der Waals surface area contributed by atoms with E-state index >= 15 is 0 Å². The van der Waals surface area contributed by atoms with Gasteiger partial charge in [0.15, 0.2) is 0 Å². The number of aromatic nitrogens is 1. The topological polar surface area (TPSA) is 4.93 Å². The van der Waals surface area contributed by atoms with Crippen molar-refractivity contribution in [3.8, 4) is 0 Å². The van der Waals surface area contributed by atoms with Gasteiger partial charge in [0, 0.05) is 22.2 Å². The largest absolute Gasteiger partial charge is 0.393 e. The van der Waals surface area contributed by atoms with Gasteiger partial charge in [-0.2, -0.15) is 0 Å². The second-order valence-corrected chi connectivity index (χ2v) is 3.86. The molecule has 0 fully saturated rings. The van der Waals surface area contributed by atoms with E-state index in [4.69, 9.17) is 0 Å². The van der Waals surface area contributed by atoms with E-state index in [1.165, 1.54) is 22.2 Å². The van der Waals surface area contributed by atoms with E-state index in [2.05, 4.69) is 55.1 Å². The Hall–Kier alpha value is -1.70. The maximum absolute atomic E-state index is 3.72. The number of nitrogens with zero attached hydrogens (tertiary/aromatic N) is 1. The van der Waals surface area contributed by atoms with E-state index in [0.717, 1.165) is 7.41 Å². The standard InChI is InChI=1S/C14H16BN/c1-4-5-8-12-11(2)16(15-3)14-10-7-6-9-13(12)14/h4-10,15H,1H2,2-3H3/b8-5-. The summed E-state index contributed by atoms with van der Waals surface area (Å²) in [4.78, 5) is 0. The van der Waals surface area contributed by atoms with E-state index in [9.17, 15) is 0 Å². The minimum absolute atomic E-state index is 1.01. The van der Waals surface area contributed by atoms with Gasteiger partial charge in [-0.15, -0.1) is 0 Å². The van der Waals surface area contributed by atoms with Crippen LogP contribution in [0.4, 0.5) is 0 Å². The molecule has 0 unspecified atom stereocenters. The Kier molecular flexibility index (Phi) is 3.00. The zero-order chi connectivity index (χ0) is 11.5. The Balaban J connectivity index is 2.76. The lowest BCUT2D eigenvalue weighted by Gasteiger charge is -2.02. The molecule has 0 spiro atoms. The predicted octanol–water partition coefficient (Wildman–Crippen LogP) is 3.40. The van der Waals surface area contributed by atoms with E-state index in [1.807, 2.05) is 12.2 Å². The molecule has 1 heterocycles. The Morgan fingerprint density at radius 1 is 1.31 bits per heavy atom. The van der Waals surface area contributed by atoms with Crippen molar-refractivity contribution in [3.05, 3.63) is 54.3 Å². The zero-order valence-corrected chi connectivity index (χ0v) is 9.90. The van der Waals surface area contributed by atoms with Gasteiger partial charge in [-0.05, 0) is 13.0 Å². The van der Waals surface area contributed by atoms with Crippen LogP contribution in [0.5, 0.6) is 0 Å². The van der Waals surface area contributed by atoms with Crippen LogP contribution in [-0.2, 0) is 0 Å². The molecule has 2 rings (SSSR count). The van der Waals surface area contributed by atoms with E-state index in [-0.39, 0.29) is 0 Å². The van der Waals surface area contributed by atoms with Gasteiger partial charge in [-0.25, -0.2) is 0 Å². The summed E-state index contributed by atoms with van der Waals surface area (Å²) in [6, 6.07) is 8.54. The molecule has 0 N–H and O–H groups in total. The molecule has 0 bridgehead atoms. The highest BCUT2D eigenvalue weighted by Gasteiger charge is 2.09. The molecular weight excluding hydrogens is 193 g/mol. The minimum atomic E-state index is 1.01. The average Bonchev–Trinajstić information content (AvgIpc) is 2.58.